The molecular weight excluding hydrogens is 399 g/mol. The summed E-state index contributed by atoms with van der Waals surface area (Å²) in [6.07, 6.45) is 0.178. The fraction of sp³-hybridized carbons (Fsp3) is 0.550. The average Bonchev–Trinajstić information content (AvgIpc) is 2.69. The van der Waals surface area contributed by atoms with Gasteiger partial charge in [-0.3, -0.25) is 19.6 Å². The monoisotopic (exact) mass is 425 g/mol. The Morgan fingerprint density at radius 3 is 2.67 bits per heavy atom. The van der Waals surface area contributed by atoms with Gasteiger partial charge in [-0.25, -0.2) is 5.48 Å². The van der Waals surface area contributed by atoms with Crippen molar-refractivity contribution in [3.05, 3.63) is 30.1 Å². The van der Waals surface area contributed by atoms with E-state index in [1.807, 2.05) is 0 Å². The molecule has 0 saturated carbocycles. The van der Waals surface area contributed by atoms with E-state index < -0.39 is 11.7 Å². The van der Waals surface area contributed by atoms with E-state index in [0.29, 0.717) is 37.5 Å². The van der Waals surface area contributed by atoms with Gasteiger partial charge in [0, 0.05) is 37.9 Å². The fourth-order valence-corrected chi connectivity index (χ4v) is 3.94. The lowest BCUT2D eigenvalue weighted by Crippen LogP contribution is -2.49. The zero-order valence-electron chi connectivity index (χ0n) is 17.0. The molecule has 164 valence electrons. The van der Waals surface area contributed by atoms with Crippen LogP contribution in [-0.2, 0) is 15.8 Å². The maximum atomic E-state index is 13.4. The number of halogens is 3. The van der Waals surface area contributed by atoms with Crippen LogP contribution in [0.15, 0.2) is 24.5 Å². The van der Waals surface area contributed by atoms with E-state index in [4.69, 9.17) is 0 Å². The van der Waals surface area contributed by atoms with Gasteiger partial charge >= 0.3 is 6.18 Å². The summed E-state index contributed by atoms with van der Waals surface area (Å²) in [6, 6.07) is 2.74. The highest BCUT2D eigenvalue weighted by Gasteiger charge is 2.35. The summed E-state index contributed by atoms with van der Waals surface area (Å²) in [6.45, 7) is 4.15. The Morgan fingerprint density at radius 2 is 1.97 bits per heavy atom. The van der Waals surface area contributed by atoms with E-state index in [9.17, 15) is 18.0 Å². The first-order valence-electron chi connectivity index (χ1n) is 9.90. The molecule has 3 rings (SSSR count). The van der Waals surface area contributed by atoms with Gasteiger partial charge in [0.1, 0.15) is 11.0 Å². The van der Waals surface area contributed by atoms with Crippen LogP contribution in [0, 0.1) is 5.92 Å². The van der Waals surface area contributed by atoms with Crippen LogP contribution in [0.4, 0.5) is 18.9 Å². The number of carbonyl (C=O) groups is 1. The molecule has 1 saturated heterocycles. The molecule has 1 aliphatic rings. The van der Waals surface area contributed by atoms with Crippen molar-refractivity contribution in [3.8, 4) is 0 Å². The third kappa shape index (κ3) is 5.37. The maximum absolute atomic E-state index is 13.4. The van der Waals surface area contributed by atoms with Crippen LogP contribution in [0.1, 0.15) is 31.7 Å². The Bertz CT molecular complexity index is 877. The molecule has 1 aromatic heterocycles. The number of hydroxylamine groups is 1. The quantitative estimate of drug-likeness (QED) is 0.525. The standard InChI is InChI=1S/C20H26F3N5O2/c1-13-10-14(24-7-3-4-17(29)27-30-2)12-28(11-13)16-6-5-15(20(21,22)23)18-19(16)26-9-8-25-18/h5-6,8-9,13-14,24H,3-4,7,10-12H2,1-2H3,(H,27,29). The predicted molar refractivity (Wildman–Crippen MR) is 107 cm³/mol. The SMILES string of the molecule is CONC(=O)CCCNC1CC(C)CN(c2ccc(C(F)(F)F)c3nccnc23)C1. The first kappa shape index (κ1) is 22.2. The number of piperidine rings is 1. The average molecular weight is 425 g/mol. The Labute approximate surface area is 173 Å². The number of aromatic nitrogens is 2. The normalized spacial score (nSPS) is 19.8. The van der Waals surface area contributed by atoms with E-state index in [-0.39, 0.29) is 23.0 Å². The topological polar surface area (TPSA) is 79.4 Å². The van der Waals surface area contributed by atoms with Crippen molar-refractivity contribution in [2.45, 2.75) is 38.4 Å². The third-order valence-electron chi connectivity index (χ3n) is 5.14. The van der Waals surface area contributed by atoms with Gasteiger partial charge in [-0.2, -0.15) is 13.2 Å². The van der Waals surface area contributed by atoms with Crippen LogP contribution in [0.25, 0.3) is 11.0 Å². The van der Waals surface area contributed by atoms with Gasteiger partial charge in [0.25, 0.3) is 0 Å². The number of amides is 1. The summed E-state index contributed by atoms with van der Waals surface area (Å²) in [4.78, 5) is 26.3. The van der Waals surface area contributed by atoms with Crippen molar-refractivity contribution in [2.75, 3.05) is 31.6 Å². The minimum absolute atomic E-state index is 0.130. The van der Waals surface area contributed by atoms with E-state index in [2.05, 4.69) is 37.4 Å². The van der Waals surface area contributed by atoms with Crippen molar-refractivity contribution in [1.82, 2.24) is 20.8 Å². The van der Waals surface area contributed by atoms with Crippen LogP contribution < -0.4 is 15.7 Å². The highest BCUT2D eigenvalue weighted by molar-refractivity contribution is 5.90. The molecule has 0 radical (unpaired) electrons. The van der Waals surface area contributed by atoms with Crippen molar-refractivity contribution in [1.29, 1.82) is 0 Å². The summed E-state index contributed by atoms with van der Waals surface area (Å²) < 4.78 is 40.1. The summed E-state index contributed by atoms with van der Waals surface area (Å²) in [5.74, 6) is 0.176. The molecule has 1 aromatic carbocycles. The Hall–Kier alpha value is -2.46. The second-order valence-electron chi connectivity index (χ2n) is 7.61. The lowest BCUT2D eigenvalue weighted by atomic mass is 9.95. The van der Waals surface area contributed by atoms with E-state index in [1.165, 1.54) is 25.6 Å². The van der Waals surface area contributed by atoms with Crippen LogP contribution in [0.2, 0.25) is 0 Å². The fourth-order valence-electron chi connectivity index (χ4n) is 3.94. The Balaban J connectivity index is 1.73. The largest absolute Gasteiger partial charge is 0.418 e. The van der Waals surface area contributed by atoms with Crippen LogP contribution in [0.3, 0.4) is 0 Å². The van der Waals surface area contributed by atoms with Gasteiger partial charge in [0.05, 0.1) is 18.4 Å². The first-order chi connectivity index (χ1) is 14.3. The maximum Gasteiger partial charge on any atom is 0.418 e. The van der Waals surface area contributed by atoms with Crippen molar-refractivity contribution < 1.29 is 22.8 Å². The predicted octanol–water partition coefficient (Wildman–Crippen LogP) is 2.91. The Morgan fingerprint density at radius 1 is 1.23 bits per heavy atom. The van der Waals surface area contributed by atoms with Crippen LogP contribution in [-0.4, -0.2) is 48.7 Å². The van der Waals surface area contributed by atoms with Crippen molar-refractivity contribution >= 4 is 22.6 Å². The molecule has 2 aromatic rings. The second-order valence-corrected chi connectivity index (χ2v) is 7.61. The summed E-state index contributed by atoms with van der Waals surface area (Å²) in [5, 5.41) is 3.45. The van der Waals surface area contributed by atoms with Gasteiger partial charge in [-0.15, -0.1) is 0 Å². The number of benzene rings is 1. The summed E-state index contributed by atoms with van der Waals surface area (Å²) in [5.41, 5.74) is 2.30. The summed E-state index contributed by atoms with van der Waals surface area (Å²) in [7, 11) is 1.39. The molecule has 2 unspecified atom stereocenters. The molecule has 30 heavy (non-hydrogen) atoms. The number of hydrogen-bond donors (Lipinski definition) is 2. The van der Waals surface area contributed by atoms with Gasteiger partial charge in [-0.05, 0) is 37.4 Å². The lowest BCUT2D eigenvalue weighted by Gasteiger charge is -2.38. The first-order valence-corrected chi connectivity index (χ1v) is 9.90. The molecule has 7 nitrogen and oxygen atoms in total. The van der Waals surface area contributed by atoms with E-state index >= 15 is 0 Å². The number of anilines is 1. The van der Waals surface area contributed by atoms with Gasteiger partial charge < -0.3 is 10.2 Å². The van der Waals surface area contributed by atoms with Crippen LogP contribution >= 0.6 is 0 Å². The minimum atomic E-state index is -4.48. The zero-order chi connectivity index (χ0) is 21.7. The van der Waals surface area contributed by atoms with Gasteiger partial charge in [0.15, 0.2) is 0 Å². The number of rotatable bonds is 7. The molecule has 2 heterocycles. The molecule has 2 N–H and O–H groups in total. The van der Waals surface area contributed by atoms with Crippen molar-refractivity contribution in [2.24, 2.45) is 5.92 Å². The molecule has 0 bridgehead atoms. The number of alkyl halides is 3. The van der Waals surface area contributed by atoms with Crippen molar-refractivity contribution in [3.63, 3.8) is 0 Å². The minimum Gasteiger partial charge on any atom is -0.368 e. The van der Waals surface area contributed by atoms with Crippen LogP contribution in [0.5, 0.6) is 0 Å². The number of carbonyl (C=O) groups excluding carboxylic acids is 1. The lowest BCUT2D eigenvalue weighted by molar-refractivity contribution is -0.136. The Kier molecular flexibility index (Phi) is 7.09. The number of nitrogens with zero attached hydrogens (tertiary/aromatic N) is 3. The molecule has 10 heteroatoms. The summed E-state index contributed by atoms with van der Waals surface area (Å²) >= 11 is 0. The molecular formula is C20H26F3N5O2. The van der Waals surface area contributed by atoms with Gasteiger partial charge in [0.2, 0.25) is 5.91 Å². The van der Waals surface area contributed by atoms with E-state index in [0.717, 1.165) is 19.0 Å². The smallest absolute Gasteiger partial charge is 0.368 e. The number of nitrogens with one attached hydrogen (secondary N) is 2. The molecule has 1 fully saturated rings. The zero-order valence-corrected chi connectivity index (χ0v) is 17.0. The molecule has 0 spiro atoms. The van der Waals surface area contributed by atoms with E-state index in [1.54, 1.807) is 0 Å². The highest BCUT2D eigenvalue weighted by atomic mass is 19.4. The number of fused-ring (bicyclic) bond motifs is 1. The molecule has 1 aliphatic heterocycles. The molecule has 0 aliphatic carbocycles. The molecule has 1 amide bonds. The molecule has 2 atom stereocenters. The number of hydrogen-bond acceptors (Lipinski definition) is 6. The second kappa shape index (κ2) is 9.57. The van der Waals surface area contributed by atoms with Gasteiger partial charge in [-0.1, -0.05) is 6.92 Å². The third-order valence-corrected chi connectivity index (χ3v) is 5.14. The highest BCUT2D eigenvalue weighted by Crippen LogP contribution is 2.37.